The Hall–Kier alpha value is -2.13. The Balaban J connectivity index is 2.53. The van der Waals surface area contributed by atoms with E-state index < -0.39 is 4.92 Å². The van der Waals surface area contributed by atoms with Gasteiger partial charge >= 0.3 is 0 Å². The molecule has 0 spiro atoms. The highest BCUT2D eigenvalue weighted by Gasteiger charge is 2.29. The van der Waals surface area contributed by atoms with E-state index in [1.54, 1.807) is 6.92 Å². The molecule has 0 atom stereocenters. The molecule has 0 radical (unpaired) electrons. The maximum absolute atomic E-state index is 12.0. The van der Waals surface area contributed by atoms with Crippen LogP contribution < -0.4 is 4.74 Å². The van der Waals surface area contributed by atoms with Crippen molar-refractivity contribution < 1.29 is 19.6 Å². The van der Waals surface area contributed by atoms with Crippen molar-refractivity contribution in [3.63, 3.8) is 0 Å². The van der Waals surface area contributed by atoms with Gasteiger partial charge in [0.05, 0.1) is 22.5 Å². The average molecular weight is 340 g/mol. The van der Waals surface area contributed by atoms with Gasteiger partial charge in [-0.1, -0.05) is 24.0 Å². The summed E-state index contributed by atoms with van der Waals surface area (Å²) < 4.78 is 5.57. The fourth-order valence-corrected chi connectivity index (χ4v) is 2.95. The Kier molecular flexibility index (Phi) is 4.67. The number of thioether (sulfide) groups is 1. The number of phenolic OH excluding ortho intramolecular Hbond substituents is 1. The van der Waals surface area contributed by atoms with Gasteiger partial charge in [0.25, 0.3) is 11.6 Å². The molecule has 0 aliphatic carbocycles. The first-order valence-electron chi connectivity index (χ1n) is 6.21. The minimum absolute atomic E-state index is 0.00470. The number of thiocarbonyl (C=S) groups is 1. The van der Waals surface area contributed by atoms with Crippen LogP contribution in [0, 0.1) is 10.1 Å². The topological polar surface area (TPSA) is 92.9 Å². The van der Waals surface area contributed by atoms with Gasteiger partial charge < -0.3 is 9.84 Å². The summed E-state index contributed by atoms with van der Waals surface area (Å²) in [6.07, 6.45) is 1.37. The number of ether oxygens (including phenoxy) is 1. The van der Waals surface area contributed by atoms with E-state index in [-0.39, 0.29) is 40.2 Å². The predicted octanol–water partition coefficient (Wildman–Crippen LogP) is 2.53. The Morgan fingerprint density at radius 2 is 2.23 bits per heavy atom. The highest BCUT2D eigenvalue weighted by molar-refractivity contribution is 8.26. The third-order valence-electron chi connectivity index (χ3n) is 2.87. The van der Waals surface area contributed by atoms with Crippen LogP contribution in [-0.2, 0) is 4.79 Å². The number of carbonyl (C=O) groups is 1. The first-order chi connectivity index (χ1) is 10.3. The van der Waals surface area contributed by atoms with Gasteiger partial charge in [-0.05, 0) is 13.0 Å². The van der Waals surface area contributed by atoms with E-state index in [4.69, 9.17) is 17.0 Å². The maximum atomic E-state index is 12.0. The number of nitrogens with zero attached hydrogens (tertiary/aromatic N) is 2. The lowest BCUT2D eigenvalue weighted by Crippen LogP contribution is -2.22. The first-order valence-corrected chi connectivity index (χ1v) is 7.43. The number of hydrogen-bond donors (Lipinski definition) is 1. The molecule has 1 heterocycles. The molecule has 2 rings (SSSR count). The molecule has 7 nitrogen and oxygen atoms in total. The van der Waals surface area contributed by atoms with Crippen LogP contribution in [0.1, 0.15) is 12.5 Å². The van der Waals surface area contributed by atoms with Crippen molar-refractivity contribution in [3.05, 3.63) is 32.7 Å². The third-order valence-corrected chi connectivity index (χ3v) is 4.36. The number of benzene rings is 1. The largest absolute Gasteiger partial charge is 0.504 e. The second-order valence-electron chi connectivity index (χ2n) is 4.31. The smallest absolute Gasteiger partial charge is 0.274 e. The molecule has 1 amide bonds. The zero-order valence-electron chi connectivity index (χ0n) is 11.7. The van der Waals surface area contributed by atoms with Gasteiger partial charge in [0.2, 0.25) is 0 Å². The number of amides is 1. The Morgan fingerprint density at radius 3 is 2.73 bits per heavy atom. The lowest BCUT2D eigenvalue weighted by atomic mass is 10.1. The fourth-order valence-electron chi connectivity index (χ4n) is 1.78. The number of hydrogen-bond acceptors (Lipinski definition) is 7. The highest BCUT2D eigenvalue weighted by Crippen LogP contribution is 2.39. The molecular weight excluding hydrogens is 328 g/mol. The zero-order chi connectivity index (χ0) is 16.4. The van der Waals surface area contributed by atoms with Crippen molar-refractivity contribution in [2.45, 2.75) is 6.92 Å². The fraction of sp³-hybridized carbons (Fsp3) is 0.231. The second kappa shape index (κ2) is 6.32. The summed E-state index contributed by atoms with van der Waals surface area (Å²) in [7, 11) is 1.54. The van der Waals surface area contributed by atoms with Crippen LogP contribution >= 0.6 is 24.0 Å². The summed E-state index contributed by atoms with van der Waals surface area (Å²) in [5.74, 6) is -0.581. The summed E-state index contributed by atoms with van der Waals surface area (Å²) in [6, 6.07) is 2.32. The lowest BCUT2D eigenvalue weighted by Gasteiger charge is -2.08. The molecule has 1 N–H and O–H groups in total. The van der Waals surface area contributed by atoms with Crippen LogP contribution in [-0.4, -0.2) is 38.8 Å². The molecule has 22 heavy (non-hydrogen) atoms. The molecule has 1 aliphatic heterocycles. The number of rotatable bonds is 4. The van der Waals surface area contributed by atoms with Crippen molar-refractivity contribution in [2.75, 3.05) is 13.7 Å². The van der Waals surface area contributed by atoms with E-state index in [1.165, 1.54) is 24.1 Å². The molecular formula is C13H12N2O5S2. The quantitative estimate of drug-likeness (QED) is 0.389. The number of nitro benzene ring substituents is 1. The van der Waals surface area contributed by atoms with Crippen LogP contribution in [0.4, 0.5) is 5.69 Å². The Labute approximate surface area is 135 Å². The van der Waals surface area contributed by atoms with Gasteiger partial charge in [0.1, 0.15) is 4.32 Å². The summed E-state index contributed by atoms with van der Waals surface area (Å²) in [5.41, 5.74) is -0.105. The van der Waals surface area contributed by atoms with Gasteiger partial charge in [0, 0.05) is 18.7 Å². The van der Waals surface area contributed by atoms with Gasteiger partial charge in [0.15, 0.2) is 11.5 Å². The summed E-state index contributed by atoms with van der Waals surface area (Å²) >= 11 is 6.08. The standard InChI is InChI=1S/C13H12N2O5S2/c1-3-20-9-6-8(15(18)19)4-7(11(9)16)5-10-12(17)14(2)13(21)22-10/h4-6,16H,3H2,1-2H3. The molecule has 116 valence electrons. The molecule has 1 fully saturated rings. The molecule has 9 heteroatoms. The number of aromatic hydroxyl groups is 1. The molecule has 0 saturated carbocycles. The monoisotopic (exact) mass is 340 g/mol. The molecule has 1 saturated heterocycles. The zero-order valence-corrected chi connectivity index (χ0v) is 13.4. The number of phenols is 1. The van der Waals surface area contributed by atoms with E-state index in [2.05, 4.69) is 0 Å². The Morgan fingerprint density at radius 1 is 1.55 bits per heavy atom. The molecule has 1 aliphatic rings. The molecule has 0 aromatic heterocycles. The highest BCUT2D eigenvalue weighted by atomic mass is 32.2. The van der Waals surface area contributed by atoms with Gasteiger partial charge in [-0.3, -0.25) is 19.8 Å². The van der Waals surface area contributed by atoms with Crippen LogP contribution in [0.15, 0.2) is 17.0 Å². The van der Waals surface area contributed by atoms with Gasteiger partial charge in [-0.25, -0.2) is 0 Å². The molecule has 1 aromatic carbocycles. The lowest BCUT2D eigenvalue weighted by molar-refractivity contribution is -0.385. The minimum Gasteiger partial charge on any atom is -0.504 e. The van der Waals surface area contributed by atoms with Crippen LogP contribution in [0.25, 0.3) is 6.08 Å². The first kappa shape index (κ1) is 16.2. The molecule has 0 unspecified atom stereocenters. The van der Waals surface area contributed by atoms with Crippen molar-refractivity contribution in [3.8, 4) is 11.5 Å². The predicted molar refractivity (Wildman–Crippen MR) is 86.9 cm³/mol. The van der Waals surface area contributed by atoms with E-state index in [1.807, 2.05) is 0 Å². The van der Waals surface area contributed by atoms with Crippen molar-refractivity contribution >= 4 is 46.0 Å². The second-order valence-corrected chi connectivity index (χ2v) is 5.99. The van der Waals surface area contributed by atoms with Crippen molar-refractivity contribution in [1.82, 2.24) is 4.90 Å². The Bertz CT molecular complexity index is 702. The van der Waals surface area contributed by atoms with Crippen LogP contribution in [0.5, 0.6) is 11.5 Å². The summed E-state index contributed by atoms with van der Waals surface area (Å²) in [6.45, 7) is 1.94. The minimum atomic E-state index is -0.593. The summed E-state index contributed by atoms with van der Waals surface area (Å²) in [5, 5.41) is 21.1. The number of nitro groups is 1. The third kappa shape index (κ3) is 3.04. The van der Waals surface area contributed by atoms with E-state index in [9.17, 15) is 20.0 Å². The number of likely N-dealkylation sites (N-methyl/N-ethyl adjacent to an activating group) is 1. The normalized spacial score (nSPS) is 16.5. The molecule has 0 bridgehead atoms. The van der Waals surface area contributed by atoms with Crippen LogP contribution in [0.3, 0.4) is 0 Å². The van der Waals surface area contributed by atoms with Gasteiger partial charge in [-0.2, -0.15) is 0 Å². The summed E-state index contributed by atoms with van der Waals surface area (Å²) in [4.78, 5) is 23.9. The van der Waals surface area contributed by atoms with Gasteiger partial charge in [-0.15, -0.1) is 0 Å². The average Bonchev–Trinajstić information content (AvgIpc) is 2.70. The maximum Gasteiger partial charge on any atom is 0.274 e. The number of non-ortho nitro benzene ring substituents is 1. The number of carbonyl (C=O) groups excluding carboxylic acids is 1. The van der Waals surface area contributed by atoms with E-state index >= 15 is 0 Å². The van der Waals surface area contributed by atoms with Crippen molar-refractivity contribution in [1.29, 1.82) is 0 Å². The molecule has 1 aromatic rings. The van der Waals surface area contributed by atoms with E-state index in [0.29, 0.717) is 4.32 Å². The van der Waals surface area contributed by atoms with E-state index in [0.717, 1.165) is 17.8 Å². The van der Waals surface area contributed by atoms with Crippen LogP contribution in [0.2, 0.25) is 0 Å². The van der Waals surface area contributed by atoms with Crippen molar-refractivity contribution in [2.24, 2.45) is 0 Å². The SMILES string of the molecule is CCOc1cc([N+](=O)[O-])cc(C=C2SC(=S)N(C)C2=O)c1O.